The van der Waals surface area contributed by atoms with E-state index in [1.54, 1.807) is 0 Å². The average Bonchev–Trinajstić information content (AvgIpc) is 2.72. The summed E-state index contributed by atoms with van der Waals surface area (Å²) in [5.41, 5.74) is 1.33. The summed E-state index contributed by atoms with van der Waals surface area (Å²) in [6.45, 7) is 1.75. The van der Waals surface area contributed by atoms with Gasteiger partial charge in [0.2, 0.25) is 0 Å². The Morgan fingerprint density at radius 2 is 1.74 bits per heavy atom. The third-order valence-electron chi connectivity index (χ3n) is 5.20. The number of hydrogen-bond donors (Lipinski definition) is 0. The molecule has 0 spiro atoms. The van der Waals surface area contributed by atoms with Crippen molar-refractivity contribution in [1.82, 2.24) is 4.98 Å². The lowest BCUT2D eigenvalue weighted by molar-refractivity contribution is -0.162. The molecule has 0 aromatic carbocycles. The summed E-state index contributed by atoms with van der Waals surface area (Å²) in [7, 11) is 0. The van der Waals surface area contributed by atoms with Crippen LogP contribution in [0.1, 0.15) is 89.0 Å². The van der Waals surface area contributed by atoms with Crippen molar-refractivity contribution < 1.29 is 9.47 Å². The maximum absolute atomic E-state index is 5.78. The quantitative estimate of drug-likeness (QED) is 0.255. The third-order valence-corrected chi connectivity index (χ3v) is 5.20. The Bertz CT molecular complexity index is 469. The molecule has 3 heteroatoms. The molecule has 0 bridgehead atoms. The monoisotopic (exact) mass is 373 g/mol. The molecule has 152 valence electrons. The number of hydrogen-bond acceptors (Lipinski definition) is 3. The van der Waals surface area contributed by atoms with E-state index in [2.05, 4.69) is 23.2 Å². The summed E-state index contributed by atoms with van der Waals surface area (Å²) in [6.07, 6.45) is 26.2. The second kappa shape index (κ2) is 15.8. The van der Waals surface area contributed by atoms with Crippen LogP contribution in [0.15, 0.2) is 36.7 Å². The normalized spacial score (nSPS) is 17.6. The van der Waals surface area contributed by atoms with Crippen LogP contribution in [0.2, 0.25) is 0 Å². The van der Waals surface area contributed by atoms with E-state index >= 15 is 0 Å². The fraction of sp³-hybridized carbons (Fsp3) is 0.708. The predicted octanol–water partition coefficient (Wildman–Crippen LogP) is 6.62. The Hall–Kier alpha value is -1.19. The van der Waals surface area contributed by atoms with Gasteiger partial charge in [-0.15, -0.1) is 0 Å². The van der Waals surface area contributed by atoms with Gasteiger partial charge < -0.3 is 9.47 Å². The Balaban J connectivity index is 1.27. The number of allylic oxidation sites excluding steroid dienone is 2. The highest BCUT2D eigenvalue weighted by Gasteiger charge is 2.13. The van der Waals surface area contributed by atoms with Crippen LogP contribution in [0.3, 0.4) is 0 Å². The zero-order valence-electron chi connectivity index (χ0n) is 17.1. The fourth-order valence-corrected chi connectivity index (χ4v) is 3.51. The number of pyridine rings is 1. The van der Waals surface area contributed by atoms with Gasteiger partial charge in [-0.2, -0.15) is 0 Å². The van der Waals surface area contributed by atoms with Crippen molar-refractivity contribution >= 4 is 0 Å². The van der Waals surface area contributed by atoms with Crippen molar-refractivity contribution in [1.29, 1.82) is 0 Å². The molecule has 0 radical (unpaired) electrons. The van der Waals surface area contributed by atoms with E-state index in [0.29, 0.717) is 0 Å². The molecule has 1 atom stereocenters. The maximum Gasteiger partial charge on any atom is 0.157 e. The van der Waals surface area contributed by atoms with Gasteiger partial charge >= 0.3 is 0 Å². The molecule has 0 aliphatic carbocycles. The van der Waals surface area contributed by atoms with Crippen LogP contribution in [0.25, 0.3) is 0 Å². The number of unbranched alkanes of at least 4 members (excludes halogenated alkanes) is 8. The summed E-state index contributed by atoms with van der Waals surface area (Å²) in [5.74, 6) is 0. The van der Waals surface area contributed by atoms with Gasteiger partial charge in [0, 0.05) is 25.6 Å². The molecule has 1 saturated heterocycles. The van der Waals surface area contributed by atoms with Gasteiger partial charge in [0.1, 0.15) is 0 Å². The Morgan fingerprint density at radius 1 is 0.963 bits per heavy atom. The van der Waals surface area contributed by atoms with Gasteiger partial charge in [0.15, 0.2) is 6.29 Å². The zero-order valence-corrected chi connectivity index (χ0v) is 17.1. The van der Waals surface area contributed by atoms with Crippen LogP contribution in [-0.4, -0.2) is 24.5 Å². The fourth-order valence-electron chi connectivity index (χ4n) is 3.51. The first kappa shape index (κ1) is 22.1. The van der Waals surface area contributed by atoms with Gasteiger partial charge in [-0.05, 0) is 63.0 Å². The standard InChI is InChI=1S/C24H39NO2/c1(3-5-7-9-11-16-23-17-15-19-25-22-23)2-4-6-8-10-13-20-26-24-18-12-14-21-27-24/h7,9,15,17,19,22,24H,1-6,8,10-14,16,18,20-21H2/b9-7-. The molecule has 0 N–H and O–H groups in total. The first-order valence-electron chi connectivity index (χ1n) is 11.2. The van der Waals surface area contributed by atoms with Gasteiger partial charge in [-0.3, -0.25) is 4.98 Å². The van der Waals surface area contributed by atoms with Gasteiger partial charge in [-0.1, -0.05) is 56.7 Å². The summed E-state index contributed by atoms with van der Waals surface area (Å²) >= 11 is 0. The molecule has 2 heterocycles. The highest BCUT2D eigenvalue weighted by molar-refractivity contribution is 5.09. The van der Waals surface area contributed by atoms with Crippen molar-refractivity contribution in [2.24, 2.45) is 0 Å². The minimum atomic E-state index is 0.0862. The molecule has 27 heavy (non-hydrogen) atoms. The number of aryl methyl sites for hydroxylation is 1. The lowest BCUT2D eigenvalue weighted by Crippen LogP contribution is -2.22. The summed E-state index contributed by atoms with van der Waals surface area (Å²) in [6, 6.07) is 4.17. The number of aromatic nitrogens is 1. The zero-order chi connectivity index (χ0) is 18.8. The minimum Gasteiger partial charge on any atom is -0.353 e. The molecule has 1 fully saturated rings. The van der Waals surface area contributed by atoms with E-state index in [0.717, 1.165) is 32.5 Å². The Labute approximate surface area is 166 Å². The third kappa shape index (κ3) is 12.0. The van der Waals surface area contributed by atoms with Gasteiger partial charge in [0.25, 0.3) is 0 Å². The summed E-state index contributed by atoms with van der Waals surface area (Å²) in [5, 5.41) is 0. The molecule has 1 aliphatic heterocycles. The molecule has 1 aromatic heterocycles. The van der Waals surface area contributed by atoms with Crippen molar-refractivity contribution in [3.8, 4) is 0 Å². The average molecular weight is 374 g/mol. The van der Waals surface area contributed by atoms with Crippen molar-refractivity contribution in [3.63, 3.8) is 0 Å². The molecule has 0 amide bonds. The largest absolute Gasteiger partial charge is 0.353 e. The molecule has 1 aromatic rings. The van der Waals surface area contributed by atoms with Crippen molar-refractivity contribution in [2.45, 2.75) is 96.2 Å². The first-order chi connectivity index (χ1) is 13.4. The van der Waals surface area contributed by atoms with E-state index in [4.69, 9.17) is 9.47 Å². The van der Waals surface area contributed by atoms with Crippen molar-refractivity contribution in [2.75, 3.05) is 13.2 Å². The second-order valence-electron chi connectivity index (χ2n) is 7.66. The maximum atomic E-state index is 5.78. The Morgan fingerprint density at radius 3 is 2.48 bits per heavy atom. The van der Waals surface area contributed by atoms with Crippen molar-refractivity contribution in [3.05, 3.63) is 42.2 Å². The molecule has 1 aliphatic rings. The lowest BCUT2D eigenvalue weighted by atomic mass is 10.1. The topological polar surface area (TPSA) is 31.4 Å². The van der Waals surface area contributed by atoms with Crippen LogP contribution in [0.5, 0.6) is 0 Å². The summed E-state index contributed by atoms with van der Waals surface area (Å²) < 4.78 is 11.4. The lowest BCUT2D eigenvalue weighted by Gasteiger charge is -2.22. The van der Waals surface area contributed by atoms with E-state index in [1.807, 2.05) is 18.5 Å². The van der Waals surface area contributed by atoms with Crippen LogP contribution in [0, 0.1) is 0 Å². The Kier molecular flexibility index (Phi) is 13.0. The predicted molar refractivity (Wildman–Crippen MR) is 113 cm³/mol. The molecule has 1 unspecified atom stereocenters. The van der Waals surface area contributed by atoms with E-state index in [9.17, 15) is 0 Å². The van der Waals surface area contributed by atoms with Crippen LogP contribution < -0.4 is 0 Å². The van der Waals surface area contributed by atoms with E-state index in [-0.39, 0.29) is 6.29 Å². The van der Waals surface area contributed by atoms with Crippen LogP contribution in [-0.2, 0) is 15.9 Å². The first-order valence-corrected chi connectivity index (χ1v) is 11.2. The van der Waals surface area contributed by atoms with Crippen LogP contribution >= 0.6 is 0 Å². The van der Waals surface area contributed by atoms with E-state index < -0.39 is 0 Å². The SMILES string of the molecule is C(=C/CCc1cccnc1)/CCCCCCCCCCOC1CCCCO1. The highest BCUT2D eigenvalue weighted by Crippen LogP contribution is 2.15. The number of nitrogens with zero attached hydrogens (tertiary/aromatic N) is 1. The highest BCUT2D eigenvalue weighted by atomic mass is 16.7. The second-order valence-corrected chi connectivity index (χ2v) is 7.66. The number of rotatable bonds is 15. The van der Waals surface area contributed by atoms with Gasteiger partial charge in [-0.25, -0.2) is 0 Å². The molecular weight excluding hydrogens is 334 g/mol. The van der Waals surface area contributed by atoms with Gasteiger partial charge in [0.05, 0.1) is 0 Å². The smallest absolute Gasteiger partial charge is 0.157 e. The number of ether oxygens (including phenoxy) is 2. The van der Waals surface area contributed by atoms with Crippen LogP contribution in [0.4, 0.5) is 0 Å². The minimum absolute atomic E-state index is 0.0862. The molecule has 2 rings (SSSR count). The molecule has 0 saturated carbocycles. The summed E-state index contributed by atoms with van der Waals surface area (Å²) in [4.78, 5) is 4.15. The molecular formula is C24H39NO2. The molecule has 3 nitrogen and oxygen atoms in total. The van der Waals surface area contributed by atoms with E-state index in [1.165, 1.54) is 76.2 Å².